The maximum atomic E-state index is 5.24. The minimum absolute atomic E-state index is 0.185. The van der Waals surface area contributed by atoms with Crippen LogP contribution in [0.4, 0.5) is 0 Å². The lowest BCUT2D eigenvalue weighted by Crippen LogP contribution is -2.39. The molecule has 78 valence electrons. The fourth-order valence-electron chi connectivity index (χ4n) is 0.945. The third kappa shape index (κ3) is 4.83. The Hall–Kier alpha value is -1.81. The van der Waals surface area contributed by atoms with Gasteiger partial charge in [-0.1, -0.05) is 43.0 Å². The van der Waals surface area contributed by atoms with Crippen molar-refractivity contribution in [3.05, 3.63) is 54.2 Å². The highest BCUT2D eigenvalue weighted by Crippen LogP contribution is 2.01. The molecular weight excluding hydrogens is 206 g/mol. The van der Waals surface area contributed by atoms with Crippen LogP contribution >= 0.6 is 12.2 Å². The number of benzene rings is 1. The Kier molecular flexibility index (Phi) is 4.37. The second kappa shape index (κ2) is 5.82. The summed E-state index contributed by atoms with van der Waals surface area (Å²) in [5.41, 5.74) is 12.4. The van der Waals surface area contributed by atoms with Crippen LogP contribution < -0.4 is 16.6 Å². The van der Waals surface area contributed by atoms with Gasteiger partial charge in [0.1, 0.15) is 0 Å². The lowest BCUT2D eigenvalue weighted by Gasteiger charge is -2.06. The number of thiocarbonyl (C=S) groups is 1. The number of rotatable bonds is 4. The Morgan fingerprint density at radius 2 is 1.93 bits per heavy atom. The number of hydrogen-bond donors (Lipinski definition) is 3. The Balaban J connectivity index is 2.44. The van der Waals surface area contributed by atoms with E-state index in [-0.39, 0.29) is 5.11 Å². The molecule has 0 bridgehead atoms. The van der Waals surface area contributed by atoms with E-state index in [0.29, 0.717) is 5.70 Å². The molecule has 4 N–H and O–H groups in total. The highest BCUT2D eigenvalue weighted by molar-refractivity contribution is 7.80. The Labute approximate surface area is 94.6 Å². The number of hydrazine groups is 1. The number of hydrogen-bond acceptors (Lipinski definition) is 2. The number of allylic oxidation sites excluding steroid dienone is 1. The van der Waals surface area contributed by atoms with Crippen LogP contribution in [0.2, 0.25) is 0 Å². The second-order valence-corrected chi connectivity index (χ2v) is 3.32. The van der Waals surface area contributed by atoms with Gasteiger partial charge in [0.25, 0.3) is 0 Å². The zero-order valence-electron chi connectivity index (χ0n) is 8.23. The largest absolute Gasteiger partial charge is 0.375 e. The van der Waals surface area contributed by atoms with E-state index in [1.54, 1.807) is 0 Å². The SMILES string of the molecule is C=C(C=Cc1ccccc1)NNC(N)=S. The fourth-order valence-corrected chi connectivity index (χ4v) is 0.996. The number of nitrogens with two attached hydrogens (primary N) is 1. The summed E-state index contributed by atoms with van der Waals surface area (Å²) < 4.78 is 0. The summed E-state index contributed by atoms with van der Waals surface area (Å²) in [5.74, 6) is 0. The highest BCUT2D eigenvalue weighted by Gasteiger charge is 1.87. The first-order chi connectivity index (χ1) is 7.18. The second-order valence-electron chi connectivity index (χ2n) is 2.88. The molecule has 0 unspecified atom stereocenters. The van der Waals surface area contributed by atoms with Crippen molar-refractivity contribution in [1.82, 2.24) is 10.9 Å². The molecule has 0 aliphatic heterocycles. The van der Waals surface area contributed by atoms with Crippen LogP contribution in [-0.4, -0.2) is 5.11 Å². The van der Waals surface area contributed by atoms with Gasteiger partial charge in [-0.25, -0.2) is 0 Å². The highest BCUT2D eigenvalue weighted by atomic mass is 32.1. The molecule has 1 aromatic rings. The van der Waals surface area contributed by atoms with Crippen LogP contribution in [0.25, 0.3) is 6.08 Å². The Morgan fingerprint density at radius 3 is 2.53 bits per heavy atom. The van der Waals surface area contributed by atoms with Crippen molar-refractivity contribution < 1.29 is 0 Å². The van der Waals surface area contributed by atoms with Gasteiger partial charge in [-0.3, -0.25) is 10.9 Å². The molecule has 1 aromatic carbocycles. The summed E-state index contributed by atoms with van der Waals surface area (Å²) >= 11 is 4.63. The molecule has 0 amide bonds. The van der Waals surface area contributed by atoms with Crippen LogP contribution in [0.3, 0.4) is 0 Å². The summed E-state index contributed by atoms with van der Waals surface area (Å²) in [6.07, 6.45) is 3.77. The topological polar surface area (TPSA) is 50.1 Å². The fraction of sp³-hybridized carbons (Fsp3) is 0. The van der Waals surface area contributed by atoms with Gasteiger partial charge in [-0.15, -0.1) is 0 Å². The molecule has 0 atom stereocenters. The Morgan fingerprint density at radius 1 is 1.27 bits per heavy atom. The maximum Gasteiger partial charge on any atom is 0.182 e. The molecule has 0 saturated heterocycles. The normalized spacial score (nSPS) is 9.87. The lowest BCUT2D eigenvalue weighted by atomic mass is 10.2. The van der Waals surface area contributed by atoms with Crippen molar-refractivity contribution in [3.63, 3.8) is 0 Å². The van der Waals surface area contributed by atoms with Crippen molar-refractivity contribution in [1.29, 1.82) is 0 Å². The van der Waals surface area contributed by atoms with Crippen molar-refractivity contribution in [3.8, 4) is 0 Å². The summed E-state index contributed by atoms with van der Waals surface area (Å²) in [6, 6.07) is 9.93. The predicted molar refractivity (Wildman–Crippen MR) is 67.7 cm³/mol. The van der Waals surface area contributed by atoms with Crippen molar-refractivity contribution >= 4 is 23.4 Å². The molecule has 0 aliphatic rings. The van der Waals surface area contributed by atoms with Gasteiger partial charge >= 0.3 is 0 Å². The first kappa shape index (κ1) is 11.3. The van der Waals surface area contributed by atoms with Crippen LogP contribution in [0.1, 0.15) is 5.56 Å². The van der Waals surface area contributed by atoms with Gasteiger partial charge in [0.05, 0.1) is 0 Å². The molecule has 0 fully saturated rings. The molecule has 3 nitrogen and oxygen atoms in total. The van der Waals surface area contributed by atoms with Crippen molar-refractivity contribution in [2.24, 2.45) is 5.73 Å². The van der Waals surface area contributed by atoms with Crippen LogP contribution in [-0.2, 0) is 0 Å². The standard InChI is InChI=1S/C11H13N3S/c1-9(13-14-11(12)15)7-8-10-5-3-2-4-6-10/h2-8,13H,1H2,(H3,12,14,15). The van der Waals surface area contributed by atoms with Crippen LogP contribution in [0, 0.1) is 0 Å². The van der Waals surface area contributed by atoms with Gasteiger partial charge < -0.3 is 5.73 Å². The quantitative estimate of drug-likeness (QED) is 0.408. The summed E-state index contributed by atoms with van der Waals surface area (Å²) in [7, 11) is 0. The van der Waals surface area contributed by atoms with E-state index < -0.39 is 0 Å². The van der Waals surface area contributed by atoms with E-state index in [2.05, 4.69) is 29.6 Å². The molecule has 0 aliphatic carbocycles. The van der Waals surface area contributed by atoms with Gasteiger partial charge in [-0.05, 0) is 23.9 Å². The smallest absolute Gasteiger partial charge is 0.182 e. The number of nitrogens with one attached hydrogen (secondary N) is 2. The minimum atomic E-state index is 0.185. The van der Waals surface area contributed by atoms with E-state index >= 15 is 0 Å². The third-order valence-electron chi connectivity index (χ3n) is 1.62. The summed E-state index contributed by atoms with van der Waals surface area (Å²) in [6.45, 7) is 3.77. The molecule has 0 aromatic heterocycles. The molecule has 15 heavy (non-hydrogen) atoms. The summed E-state index contributed by atoms with van der Waals surface area (Å²) in [4.78, 5) is 0. The first-order valence-electron chi connectivity index (χ1n) is 4.42. The van der Waals surface area contributed by atoms with E-state index in [1.165, 1.54) is 0 Å². The van der Waals surface area contributed by atoms with Gasteiger partial charge in [0.15, 0.2) is 5.11 Å². The van der Waals surface area contributed by atoms with Gasteiger partial charge in [0.2, 0.25) is 0 Å². The zero-order valence-corrected chi connectivity index (χ0v) is 9.05. The predicted octanol–water partition coefficient (Wildman–Crippen LogP) is 1.55. The molecule has 0 spiro atoms. The monoisotopic (exact) mass is 219 g/mol. The van der Waals surface area contributed by atoms with Gasteiger partial charge in [0, 0.05) is 5.70 Å². The van der Waals surface area contributed by atoms with Crippen LogP contribution in [0.15, 0.2) is 48.7 Å². The van der Waals surface area contributed by atoms with E-state index in [9.17, 15) is 0 Å². The van der Waals surface area contributed by atoms with Crippen molar-refractivity contribution in [2.75, 3.05) is 0 Å². The third-order valence-corrected chi connectivity index (χ3v) is 1.72. The lowest BCUT2D eigenvalue weighted by molar-refractivity contribution is 0.792. The minimum Gasteiger partial charge on any atom is -0.375 e. The molecule has 4 heteroatoms. The van der Waals surface area contributed by atoms with Gasteiger partial charge in [-0.2, -0.15) is 0 Å². The van der Waals surface area contributed by atoms with Crippen LogP contribution in [0.5, 0.6) is 0 Å². The summed E-state index contributed by atoms with van der Waals surface area (Å²) in [5, 5.41) is 0.185. The average Bonchev–Trinajstić information content (AvgIpc) is 2.25. The zero-order chi connectivity index (χ0) is 11.1. The Bertz CT molecular complexity index is 371. The van der Waals surface area contributed by atoms with E-state index in [0.717, 1.165) is 5.56 Å². The molecular formula is C11H13N3S. The average molecular weight is 219 g/mol. The maximum absolute atomic E-state index is 5.24. The molecule has 0 heterocycles. The van der Waals surface area contributed by atoms with E-state index in [4.69, 9.17) is 5.73 Å². The molecule has 1 rings (SSSR count). The molecule has 0 radical (unpaired) electrons. The van der Waals surface area contributed by atoms with Crippen molar-refractivity contribution in [2.45, 2.75) is 0 Å². The molecule has 0 saturated carbocycles. The van der Waals surface area contributed by atoms with E-state index in [1.807, 2.05) is 42.5 Å². The first-order valence-corrected chi connectivity index (χ1v) is 4.83.